The van der Waals surface area contributed by atoms with Crippen LogP contribution < -0.4 is 10.6 Å². The molecule has 4 aromatic heterocycles. The molecule has 1 atom stereocenters. The minimum absolute atomic E-state index is 0.0931. The van der Waals surface area contributed by atoms with Gasteiger partial charge in [-0.3, -0.25) is 15.0 Å². The van der Waals surface area contributed by atoms with Gasteiger partial charge in [-0.05, 0) is 55.2 Å². The van der Waals surface area contributed by atoms with E-state index in [1.165, 1.54) is 24.8 Å². The highest BCUT2D eigenvalue weighted by Crippen LogP contribution is 2.34. The highest BCUT2D eigenvalue weighted by atomic mass is 32.1. The Morgan fingerprint density at radius 3 is 2.62 bits per heavy atom. The number of likely N-dealkylation sites (tertiary alicyclic amines) is 1. The van der Waals surface area contributed by atoms with Gasteiger partial charge in [0.1, 0.15) is 28.7 Å². The molecule has 0 spiro atoms. The molecule has 0 saturated carbocycles. The number of aryl methyl sites for hydroxylation is 1. The van der Waals surface area contributed by atoms with Gasteiger partial charge in [-0.2, -0.15) is 18.4 Å². The summed E-state index contributed by atoms with van der Waals surface area (Å²) in [6.45, 7) is 7.90. The number of piperidine rings is 1. The number of fused-ring (bicyclic) bond motifs is 2. The minimum Gasteiger partial charge on any atom is -0.386 e. The van der Waals surface area contributed by atoms with Crippen LogP contribution in [0.25, 0.3) is 21.1 Å². The van der Waals surface area contributed by atoms with Crippen LogP contribution in [-0.4, -0.2) is 65.7 Å². The van der Waals surface area contributed by atoms with Crippen molar-refractivity contribution in [2.24, 2.45) is 0 Å². The van der Waals surface area contributed by atoms with E-state index in [-0.39, 0.29) is 23.4 Å². The Kier molecular flexibility index (Phi) is 9.40. The fraction of sp³-hybridized carbons (Fsp3) is 0.333. The predicted molar refractivity (Wildman–Crippen MR) is 176 cm³/mol. The third kappa shape index (κ3) is 7.30. The molecule has 48 heavy (non-hydrogen) atoms. The highest BCUT2D eigenvalue weighted by molar-refractivity contribution is 7.18. The number of aromatic nitrogens is 5. The first-order chi connectivity index (χ1) is 23.0. The van der Waals surface area contributed by atoms with Crippen LogP contribution in [0.5, 0.6) is 0 Å². The van der Waals surface area contributed by atoms with E-state index in [0.717, 1.165) is 71.9 Å². The van der Waals surface area contributed by atoms with Gasteiger partial charge < -0.3 is 15.0 Å². The van der Waals surface area contributed by atoms with Gasteiger partial charge in [-0.25, -0.2) is 19.9 Å². The van der Waals surface area contributed by atoms with Crippen molar-refractivity contribution >= 4 is 50.1 Å². The van der Waals surface area contributed by atoms with E-state index in [1.54, 1.807) is 4.57 Å². The van der Waals surface area contributed by atoms with Crippen LogP contribution >= 0.6 is 11.3 Å². The normalized spacial score (nSPS) is 15.0. The molecular weight excluding hydrogens is 643 g/mol. The second kappa shape index (κ2) is 13.7. The summed E-state index contributed by atoms with van der Waals surface area (Å²) in [5.41, 5.74) is 3.87. The van der Waals surface area contributed by atoms with Gasteiger partial charge in [0.25, 0.3) is 0 Å². The fourth-order valence-corrected chi connectivity index (χ4v) is 7.00. The van der Waals surface area contributed by atoms with E-state index < -0.39 is 24.6 Å². The summed E-state index contributed by atoms with van der Waals surface area (Å²) in [5, 5.41) is 28.3. The molecule has 1 amide bonds. The number of rotatable bonds is 10. The van der Waals surface area contributed by atoms with Gasteiger partial charge in [0.2, 0.25) is 11.9 Å². The zero-order valence-corrected chi connectivity index (χ0v) is 26.8. The van der Waals surface area contributed by atoms with Gasteiger partial charge in [0, 0.05) is 59.4 Å². The Bertz CT molecular complexity index is 2010. The summed E-state index contributed by atoms with van der Waals surface area (Å²) in [5.74, 6) is 0.214. The van der Waals surface area contributed by atoms with Crippen molar-refractivity contribution in [3.8, 4) is 6.07 Å². The Balaban J connectivity index is 1.10. The molecule has 1 unspecified atom stereocenters. The second-order valence-electron chi connectivity index (χ2n) is 11.7. The summed E-state index contributed by atoms with van der Waals surface area (Å²) >= 11 is 1.04. The number of amides is 1. The third-order valence-electron chi connectivity index (χ3n) is 8.49. The fourth-order valence-electron chi connectivity index (χ4n) is 5.97. The van der Waals surface area contributed by atoms with Gasteiger partial charge in [0.15, 0.2) is 0 Å². The number of anilines is 2. The standard InChI is InChI=1S/C33H32F3N9O2S/c1-3-29(47)43-32-38-14-21(15-39-32)28(46)17-45-23(13-37)10-25-19(2)20(4-5-27(25)45)16-44-8-6-22(7-9-44)42-30-26-11-24(12-33(34,35)36)48-31(26)41-18-40-30/h3-5,10-11,14-15,18,22,28,46H,1,6-9,12,16-17H2,2H3,(H,40,41,42)(H,38,39,43,47). The summed E-state index contributed by atoms with van der Waals surface area (Å²) in [6.07, 6.45) is 0.780. The molecule has 5 aromatic rings. The highest BCUT2D eigenvalue weighted by Gasteiger charge is 2.29. The minimum atomic E-state index is -4.28. The number of carbonyl (C=O) groups is 1. The van der Waals surface area contributed by atoms with E-state index in [9.17, 15) is 28.3 Å². The van der Waals surface area contributed by atoms with Gasteiger partial charge >= 0.3 is 6.18 Å². The molecule has 0 aliphatic carbocycles. The van der Waals surface area contributed by atoms with Crippen LogP contribution in [0.4, 0.5) is 24.9 Å². The number of hydrogen-bond donors (Lipinski definition) is 3. The van der Waals surface area contributed by atoms with E-state index in [0.29, 0.717) is 27.3 Å². The van der Waals surface area contributed by atoms with Crippen LogP contribution in [-0.2, 0) is 24.3 Å². The zero-order chi connectivity index (χ0) is 34.0. The lowest BCUT2D eigenvalue weighted by atomic mass is 10.0. The van der Waals surface area contributed by atoms with Crippen molar-refractivity contribution in [2.45, 2.75) is 57.6 Å². The predicted octanol–water partition coefficient (Wildman–Crippen LogP) is 5.66. The SMILES string of the molecule is C=CC(=O)Nc1ncc(C(O)Cn2c(C#N)cc3c(C)c(CN4CCC(Nc5ncnc6sc(CC(F)(F)F)cc56)CC4)ccc32)cn1. The lowest BCUT2D eigenvalue weighted by Gasteiger charge is -2.33. The second-order valence-corrected chi connectivity index (χ2v) is 12.8. The van der Waals surface area contributed by atoms with Crippen molar-refractivity contribution in [1.29, 1.82) is 5.26 Å². The number of aliphatic hydroxyl groups excluding tert-OH is 1. The number of nitriles is 1. The summed E-state index contributed by atoms with van der Waals surface area (Å²) in [7, 11) is 0. The lowest BCUT2D eigenvalue weighted by Crippen LogP contribution is -2.39. The molecule has 1 aromatic carbocycles. The summed E-state index contributed by atoms with van der Waals surface area (Å²) < 4.78 is 40.6. The maximum atomic E-state index is 12.9. The first-order valence-corrected chi connectivity index (χ1v) is 16.1. The number of carbonyl (C=O) groups excluding carboxylic acids is 1. The molecule has 1 fully saturated rings. The van der Waals surface area contributed by atoms with E-state index in [2.05, 4.69) is 54.2 Å². The van der Waals surface area contributed by atoms with Gasteiger partial charge in [0.05, 0.1) is 24.5 Å². The third-order valence-corrected chi connectivity index (χ3v) is 9.53. The molecule has 5 heterocycles. The Morgan fingerprint density at radius 1 is 1.19 bits per heavy atom. The molecule has 11 nitrogen and oxygen atoms in total. The molecule has 0 bridgehead atoms. The molecule has 1 aliphatic rings. The Morgan fingerprint density at radius 2 is 1.94 bits per heavy atom. The van der Waals surface area contributed by atoms with E-state index >= 15 is 0 Å². The van der Waals surface area contributed by atoms with Crippen LogP contribution in [0.15, 0.2) is 55.6 Å². The summed E-state index contributed by atoms with van der Waals surface area (Å²) in [4.78, 5) is 31.3. The average molecular weight is 676 g/mol. The largest absolute Gasteiger partial charge is 0.393 e. The number of thiophene rings is 1. The topological polar surface area (TPSA) is 145 Å². The molecule has 15 heteroatoms. The van der Waals surface area contributed by atoms with Crippen LogP contribution in [0.1, 0.15) is 46.2 Å². The Labute approximate surface area is 277 Å². The molecule has 1 aliphatic heterocycles. The number of aliphatic hydroxyl groups is 1. The van der Waals surface area contributed by atoms with Crippen molar-refractivity contribution in [2.75, 3.05) is 23.7 Å². The van der Waals surface area contributed by atoms with Crippen molar-refractivity contribution < 1.29 is 23.1 Å². The number of hydrogen-bond acceptors (Lipinski definition) is 10. The number of nitrogens with one attached hydrogen (secondary N) is 2. The molecule has 248 valence electrons. The monoisotopic (exact) mass is 675 g/mol. The van der Waals surface area contributed by atoms with Crippen molar-refractivity contribution in [3.05, 3.63) is 82.9 Å². The lowest BCUT2D eigenvalue weighted by molar-refractivity contribution is -0.126. The molecular formula is C33H32F3N9O2S. The first-order valence-electron chi connectivity index (χ1n) is 15.3. The molecule has 0 radical (unpaired) electrons. The molecule has 1 saturated heterocycles. The van der Waals surface area contributed by atoms with Crippen molar-refractivity contribution in [1.82, 2.24) is 29.4 Å². The number of halogens is 3. The Hall–Kier alpha value is -4.91. The smallest absolute Gasteiger partial charge is 0.386 e. The van der Waals surface area contributed by atoms with E-state index in [1.807, 2.05) is 19.1 Å². The average Bonchev–Trinajstić information content (AvgIpc) is 3.64. The first kappa shape index (κ1) is 33.0. The van der Waals surface area contributed by atoms with Crippen LogP contribution in [0.2, 0.25) is 0 Å². The van der Waals surface area contributed by atoms with Gasteiger partial charge in [-0.1, -0.05) is 12.6 Å². The number of benzene rings is 1. The summed E-state index contributed by atoms with van der Waals surface area (Å²) in [6, 6.07) is 9.77. The molecule has 6 rings (SSSR count). The van der Waals surface area contributed by atoms with E-state index in [4.69, 9.17) is 0 Å². The van der Waals surface area contributed by atoms with Crippen LogP contribution in [0.3, 0.4) is 0 Å². The number of alkyl halides is 3. The molecule has 3 N–H and O–H groups in total. The zero-order valence-electron chi connectivity index (χ0n) is 26.0. The number of nitrogens with zero attached hydrogens (tertiary/aromatic N) is 7. The van der Waals surface area contributed by atoms with Gasteiger partial charge in [-0.15, -0.1) is 11.3 Å². The van der Waals surface area contributed by atoms with Crippen LogP contribution in [0, 0.1) is 18.3 Å². The maximum Gasteiger partial charge on any atom is 0.393 e. The van der Waals surface area contributed by atoms with Crippen molar-refractivity contribution in [3.63, 3.8) is 0 Å². The quantitative estimate of drug-likeness (QED) is 0.160. The maximum absolute atomic E-state index is 12.9.